The average molecular weight is 287 g/mol. The van der Waals surface area contributed by atoms with Crippen LogP contribution in [0.25, 0.3) is 0 Å². The van der Waals surface area contributed by atoms with Crippen molar-refractivity contribution in [1.82, 2.24) is 5.32 Å². The zero-order valence-corrected chi connectivity index (χ0v) is 12.4. The van der Waals surface area contributed by atoms with Crippen LogP contribution >= 0.6 is 0 Å². The molecule has 5 heteroatoms. The first kappa shape index (κ1) is 14.8. The van der Waals surface area contributed by atoms with Crippen molar-refractivity contribution >= 4 is 15.7 Å². The summed E-state index contributed by atoms with van der Waals surface area (Å²) in [5.74, 6) is 1.45. The molecule has 1 atom stereocenters. The number of hydrogen-bond acceptors (Lipinski definition) is 3. The lowest BCUT2D eigenvalue weighted by atomic mass is 9.88. The van der Waals surface area contributed by atoms with Gasteiger partial charge in [-0.3, -0.25) is 4.79 Å². The van der Waals surface area contributed by atoms with Crippen LogP contribution in [0.2, 0.25) is 0 Å². The quantitative estimate of drug-likeness (QED) is 0.786. The summed E-state index contributed by atoms with van der Waals surface area (Å²) in [5, 5.41) is 3.01. The third kappa shape index (κ3) is 4.79. The van der Waals surface area contributed by atoms with E-state index in [9.17, 15) is 13.2 Å². The average Bonchev–Trinajstić information content (AvgIpc) is 2.75. The second-order valence-corrected chi connectivity index (χ2v) is 8.27. The Morgan fingerprint density at radius 3 is 2.47 bits per heavy atom. The van der Waals surface area contributed by atoms with E-state index in [1.807, 2.05) is 0 Å². The zero-order chi connectivity index (χ0) is 13.7. The molecule has 1 heterocycles. The zero-order valence-electron chi connectivity index (χ0n) is 11.6. The first-order chi connectivity index (χ1) is 9.07. The predicted molar refractivity (Wildman–Crippen MR) is 75.6 cm³/mol. The summed E-state index contributed by atoms with van der Waals surface area (Å²) in [5.41, 5.74) is 0. The molecule has 1 amide bonds. The molecule has 2 rings (SSSR count). The Hall–Kier alpha value is -0.580. The van der Waals surface area contributed by atoms with Gasteiger partial charge in [-0.15, -0.1) is 0 Å². The molecule has 4 nitrogen and oxygen atoms in total. The highest BCUT2D eigenvalue weighted by molar-refractivity contribution is 7.91. The smallest absolute Gasteiger partial charge is 0.223 e. The van der Waals surface area contributed by atoms with Crippen molar-refractivity contribution in [1.29, 1.82) is 0 Å². The minimum Gasteiger partial charge on any atom is -0.356 e. The van der Waals surface area contributed by atoms with Crippen LogP contribution in [-0.2, 0) is 14.6 Å². The number of nitrogens with one attached hydrogen (secondary N) is 1. The maximum Gasteiger partial charge on any atom is 0.223 e. The van der Waals surface area contributed by atoms with Crippen molar-refractivity contribution in [2.75, 3.05) is 18.1 Å². The first-order valence-electron chi connectivity index (χ1n) is 7.55. The van der Waals surface area contributed by atoms with E-state index in [2.05, 4.69) is 5.32 Å². The molecule has 0 spiro atoms. The maximum absolute atomic E-state index is 11.9. The number of carbonyl (C=O) groups is 1. The van der Waals surface area contributed by atoms with Crippen molar-refractivity contribution in [3.63, 3.8) is 0 Å². The molecule has 1 aliphatic carbocycles. The number of amides is 1. The lowest BCUT2D eigenvalue weighted by molar-refractivity contribution is -0.125. The lowest BCUT2D eigenvalue weighted by Crippen LogP contribution is -2.32. The molecule has 110 valence electrons. The Morgan fingerprint density at radius 1 is 1.11 bits per heavy atom. The summed E-state index contributed by atoms with van der Waals surface area (Å²) >= 11 is 0. The van der Waals surface area contributed by atoms with Crippen molar-refractivity contribution in [3.05, 3.63) is 0 Å². The van der Waals surface area contributed by atoms with Gasteiger partial charge < -0.3 is 5.32 Å². The van der Waals surface area contributed by atoms with Gasteiger partial charge in [0.2, 0.25) is 5.91 Å². The summed E-state index contributed by atoms with van der Waals surface area (Å²) in [6, 6.07) is 0. The Labute approximate surface area is 116 Å². The molecule has 0 radical (unpaired) electrons. The van der Waals surface area contributed by atoms with Gasteiger partial charge in [0, 0.05) is 12.5 Å². The molecular formula is C14H25NO3S. The Bertz CT molecular complexity index is 399. The summed E-state index contributed by atoms with van der Waals surface area (Å²) in [6.07, 6.45) is 8.32. The van der Waals surface area contributed by atoms with Gasteiger partial charge in [0.25, 0.3) is 0 Å². The van der Waals surface area contributed by atoms with Gasteiger partial charge in [0.05, 0.1) is 11.5 Å². The third-order valence-corrected chi connectivity index (χ3v) is 6.23. The second-order valence-electron chi connectivity index (χ2n) is 6.04. The summed E-state index contributed by atoms with van der Waals surface area (Å²) < 4.78 is 22.6. The van der Waals surface area contributed by atoms with Crippen LogP contribution in [0, 0.1) is 11.8 Å². The maximum atomic E-state index is 11.9. The van der Waals surface area contributed by atoms with Crippen molar-refractivity contribution < 1.29 is 13.2 Å². The number of hydrogen-bond donors (Lipinski definition) is 1. The first-order valence-corrected chi connectivity index (χ1v) is 9.37. The Kier molecular flexibility index (Phi) is 5.25. The van der Waals surface area contributed by atoms with E-state index in [4.69, 9.17) is 0 Å². The van der Waals surface area contributed by atoms with E-state index in [-0.39, 0.29) is 11.8 Å². The van der Waals surface area contributed by atoms with Crippen LogP contribution in [0.5, 0.6) is 0 Å². The molecule has 1 saturated heterocycles. The molecule has 0 aromatic carbocycles. The summed E-state index contributed by atoms with van der Waals surface area (Å²) in [4.78, 5) is 11.9. The van der Waals surface area contributed by atoms with Crippen molar-refractivity contribution in [2.24, 2.45) is 11.8 Å². The minimum atomic E-state index is -2.75. The van der Waals surface area contributed by atoms with E-state index < -0.39 is 9.84 Å². The molecule has 19 heavy (non-hydrogen) atoms. The van der Waals surface area contributed by atoms with Gasteiger partial charge in [0.15, 0.2) is 9.84 Å². The summed E-state index contributed by atoms with van der Waals surface area (Å²) in [7, 11) is -2.75. The van der Waals surface area contributed by atoms with E-state index in [1.54, 1.807) is 0 Å². The molecule has 1 unspecified atom stereocenters. The van der Waals surface area contributed by atoms with Crippen LogP contribution in [0.1, 0.15) is 51.4 Å². The number of sulfone groups is 1. The van der Waals surface area contributed by atoms with Gasteiger partial charge >= 0.3 is 0 Å². The topological polar surface area (TPSA) is 63.2 Å². The van der Waals surface area contributed by atoms with Gasteiger partial charge in [-0.2, -0.15) is 0 Å². The van der Waals surface area contributed by atoms with Crippen LogP contribution < -0.4 is 5.32 Å². The molecule has 2 fully saturated rings. The lowest BCUT2D eigenvalue weighted by Gasteiger charge is -2.20. The number of carbonyl (C=O) groups excluding carboxylic acids is 1. The highest BCUT2D eigenvalue weighted by Crippen LogP contribution is 2.24. The molecule has 0 aromatic rings. The Morgan fingerprint density at radius 2 is 1.84 bits per heavy atom. The van der Waals surface area contributed by atoms with Crippen LogP contribution in [-0.4, -0.2) is 32.4 Å². The molecular weight excluding hydrogens is 262 g/mol. The molecule has 1 aliphatic heterocycles. The van der Waals surface area contributed by atoms with Crippen molar-refractivity contribution in [2.45, 2.75) is 51.4 Å². The highest BCUT2D eigenvalue weighted by atomic mass is 32.2. The van der Waals surface area contributed by atoms with Crippen LogP contribution in [0.3, 0.4) is 0 Å². The predicted octanol–water partition coefficient (Wildman–Crippen LogP) is 1.90. The fourth-order valence-corrected chi connectivity index (χ4v) is 5.12. The fourth-order valence-electron chi connectivity index (χ4n) is 3.21. The normalized spacial score (nSPS) is 27.3. The van der Waals surface area contributed by atoms with E-state index in [0.717, 1.165) is 32.1 Å². The van der Waals surface area contributed by atoms with E-state index >= 15 is 0 Å². The molecule has 0 bridgehead atoms. The molecule has 2 aliphatic rings. The van der Waals surface area contributed by atoms with Gasteiger partial charge in [-0.1, -0.05) is 19.3 Å². The van der Waals surface area contributed by atoms with Gasteiger partial charge in [0.1, 0.15) is 0 Å². The fraction of sp³-hybridized carbons (Fsp3) is 0.929. The van der Waals surface area contributed by atoms with Crippen molar-refractivity contribution in [3.8, 4) is 0 Å². The highest BCUT2D eigenvalue weighted by Gasteiger charge is 2.27. The molecule has 1 saturated carbocycles. The molecule has 0 aromatic heterocycles. The SMILES string of the molecule is O=C(NCCCC1CCS(=O)(=O)C1)C1CCCCC1. The van der Waals surface area contributed by atoms with E-state index in [0.29, 0.717) is 24.0 Å². The van der Waals surface area contributed by atoms with Crippen LogP contribution in [0.4, 0.5) is 0 Å². The second kappa shape index (κ2) is 6.73. The van der Waals surface area contributed by atoms with E-state index in [1.165, 1.54) is 19.3 Å². The van der Waals surface area contributed by atoms with Crippen LogP contribution in [0.15, 0.2) is 0 Å². The van der Waals surface area contributed by atoms with Gasteiger partial charge in [-0.25, -0.2) is 8.42 Å². The monoisotopic (exact) mass is 287 g/mol. The van der Waals surface area contributed by atoms with Gasteiger partial charge in [-0.05, 0) is 38.0 Å². The minimum absolute atomic E-state index is 0.207. The third-order valence-electron chi connectivity index (χ3n) is 4.39. The summed E-state index contributed by atoms with van der Waals surface area (Å²) in [6.45, 7) is 0.700. The molecule has 1 N–H and O–H groups in total. The standard InChI is InChI=1S/C14H25NO3S/c16-14(13-6-2-1-3-7-13)15-9-4-5-12-8-10-19(17,18)11-12/h12-13H,1-11H2,(H,15,16). The Balaban J connectivity index is 1.58. The largest absolute Gasteiger partial charge is 0.356 e. The number of rotatable bonds is 5.